The molecule has 4 aromatic carbocycles. The van der Waals surface area contributed by atoms with E-state index in [9.17, 15) is 0 Å². The minimum absolute atomic E-state index is 0. The third-order valence-electron chi connectivity index (χ3n) is 6.15. The first-order valence-electron chi connectivity index (χ1n) is 10.8. The Morgan fingerprint density at radius 1 is 0.848 bits per heavy atom. The third kappa shape index (κ3) is 3.70. The number of nitrogens with zero attached hydrogens (tertiary/aromatic N) is 2. The molecule has 1 radical (unpaired) electrons. The molecule has 0 saturated carbocycles. The van der Waals surface area contributed by atoms with Gasteiger partial charge in [0.15, 0.2) is 0 Å². The first-order chi connectivity index (χ1) is 15.8. The Hall–Kier alpha value is -3.52. The molecule has 0 aliphatic heterocycles. The van der Waals surface area contributed by atoms with Gasteiger partial charge in [0.2, 0.25) is 0 Å². The second-order valence-corrected chi connectivity index (χ2v) is 8.09. The SMILES string of the molecule is C=Cc1ccc(-c2ccc3c(c2)c2ccc[c-]c2c2ncc(Cc4ccccc4)n32)cc1.[Ir]. The van der Waals surface area contributed by atoms with Crippen molar-refractivity contribution in [1.82, 2.24) is 9.38 Å². The largest absolute Gasteiger partial charge is 0.337 e. The average Bonchev–Trinajstić information content (AvgIpc) is 3.28. The van der Waals surface area contributed by atoms with Crippen molar-refractivity contribution in [2.24, 2.45) is 0 Å². The van der Waals surface area contributed by atoms with Gasteiger partial charge in [0, 0.05) is 43.9 Å². The van der Waals surface area contributed by atoms with Crippen LogP contribution in [0.15, 0.2) is 104 Å². The standard InChI is InChI=1S/C30H21N2.Ir/c1-2-21-12-14-23(15-13-21)24-16-17-29-28(19-24)26-10-6-7-11-27(26)30-31-20-25(32(29)30)18-22-8-4-3-5-9-22;/h2-10,12-17,19-20H,1,18H2;/q-1;. The van der Waals surface area contributed by atoms with Crippen LogP contribution in [0, 0.1) is 6.07 Å². The van der Waals surface area contributed by atoms with Crippen LogP contribution in [-0.4, -0.2) is 9.38 Å². The van der Waals surface area contributed by atoms with Crippen molar-refractivity contribution in [1.29, 1.82) is 0 Å². The molecule has 0 bridgehead atoms. The topological polar surface area (TPSA) is 17.3 Å². The number of hydrogen-bond donors (Lipinski definition) is 0. The molecule has 2 nitrogen and oxygen atoms in total. The molecule has 2 heterocycles. The molecule has 0 fully saturated rings. The first kappa shape index (κ1) is 21.3. The van der Waals surface area contributed by atoms with Crippen molar-refractivity contribution in [3.63, 3.8) is 0 Å². The molecule has 0 aliphatic rings. The fraction of sp³-hybridized carbons (Fsp3) is 0.0333. The molecular formula is C30H21IrN2-. The van der Waals surface area contributed by atoms with Gasteiger partial charge in [-0.15, -0.1) is 29.7 Å². The molecular weight excluding hydrogens is 581 g/mol. The van der Waals surface area contributed by atoms with Crippen LogP contribution in [0.25, 0.3) is 44.5 Å². The molecule has 33 heavy (non-hydrogen) atoms. The molecule has 0 atom stereocenters. The van der Waals surface area contributed by atoms with Gasteiger partial charge in [-0.2, -0.15) is 0 Å². The third-order valence-corrected chi connectivity index (χ3v) is 6.15. The van der Waals surface area contributed by atoms with Crippen molar-refractivity contribution in [2.75, 3.05) is 0 Å². The van der Waals surface area contributed by atoms with Crippen molar-refractivity contribution in [2.45, 2.75) is 6.42 Å². The molecule has 6 aromatic rings. The summed E-state index contributed by atoms with van der Waals surface area (Å²) in [7, 11) is 0. The summed E-state index contributed by atoms with van der Waals surface area (Å²) in [4.78, 5) is 4.82. The Morgan fingerprint density at radius 3 is 2.42 bits per heavy atom. The summed E-state index contributed by atoms with van der Waals surface area (Å²) >= 11 is 0. The predicted molar refractivity (Wildman–Crippen MR) is 134 cm³/mol. The van der Waals surface area contributed by atoms with Crippen LogP contribution < -0.4 is 0 Å². The summed E-state index contributed by atoms with van der Waals surface area (Å²) in [5, 5.41) is 3.44. The van der Waals surface area contributed by atoms with Crippen LogP contribution in [0.3, 0.4) is 0 Å². The van der Waals surface area contributed by atoms with Crippen LogP contribution in [0.1, 0.15) is 16.8 Å². The van der Waals surface area contributed by atoms with E-state index in [1.54, 1.807) is 0 Å². The molecule has 0 unspecified atom stereocenters. The summed E-state index contributed by atoms with van der Waals surface area (Å²) in [6.45, 7) is 3.86. The summed E-state index contributed by atoms with van der Waals surface area (Å²) in [5.74, 6) is 0. The zero-order valence-electron chi connectivity index (χ0n) is 18.0. The number of aromatic nitrogens is 2. The molecule has 2 aromatic heterocycles. The van der Waals surface area contributed by atoms with Gasteiger partial charge in [-0.25, -0.2) is 0 Å². The second kappa shape index (κ2) is 8.78. The van der Waals surface area contributed by atoms with E-state index in [4.69, 9.17) is 4.98 Å². The van der Waals surface area contributed by atoms with Gasteiger partial charge >= 0.3 is 0 Å². The van der Waals surface area contributed by atoms with Crippen LogP contribution in [0.5, 0.6) is 0 Å². The minimum Gasteiger partial charge on any atom is -0.337 e. The summed E-state index contributed by atoms with van der Waals surface area (Å²) in [6.07, 6.45) is 4.71. The summed E-state index contributed by atoms with van der Waals surface area (Å²) < 4.78 is 2.30. The quantitative estimate of drug-likeness (QED) is 0.153. The molecule has 3 heteroatoms. The fourth-order valence-electron chi connectivity index (χ4n) is 4.55. The fourth-order valence-corrected chi connectivity index (χ4v) is 4.55. The number of imidazole rings is 1. The van der Waals surface area contributed by atoms with E-state index in [1.165, 1.54) is 38.7 Å². The number of hydrogen-bond acceptors (Lipinski definition) is 1. The van der Waals surface area contributed by atoms with Gasteiger partial charge in [0.05, 0.1) is 5.65 Å². The van der Waals surface area contributed by atoms with Crippen molar-refractivity contribution in [3.05, 3.63) is 127 Å². The van der Waals surface area contributed by atoms with Crippen molar-refractivity contribution >= 4 is 33.4 Å². The van der Waals surface area contributed by atoms with Crippen LogP contribution in [0.2, 0.25) is 0 Å². The summed E-state index contributed by atoms with van der Waals surface area (Å²) in [5.41, 5.74) is 8.10. The Balaban J connectivity index is 0.00000228. The normalized spacial score (nSPS) is 11.0. The number of pyridine rings is 1. The Bertz CT molecular complexity index is 1600. The second-order valence-electron chi connectivity index (χ2n) is 8.09. The van der Waals surface area contributed by atoms with Gasteiger partial charge in [0.1, 0.15) is 0 Å². The molecule has 0 aliphatic carbocycles. The molecule has 161 valence electrons. The van der Waals surface area contributed by atoms with E-state index in [-0.39, 0.29) is 20.1 Å². The van der Waals surface area contributed by atoms with E-state index < -0.39 is 0 Å². The maximum Gasteiger partial charge on any atom is 0.0610 e. The summed E-state index contributed by atoms with van der Waals surface area (Å²) in [6, 6.07) is 35.4. The van der Waals surface area contributed by atoms with Gasteiger partial charge in [0.25, 0.3) is 0 Å². The van der Waals surface area contributed by atoms with E-state index >= 15 is 0 Å². The van der Waals surface area contributed by atoms with Gasteiger partial charge < -0.3 is 4.40 Å². The Labute approximate surface area is 206 Å². The van der Waals surface area contributed by atoms with Crippen molar-refractivity contribution in [3.8, 4) is 11.1 Å². The monoisotopic (exact) mass is 602 g/mol. The van der Waals surface area contributed by atoms with Gasteiger partial charge in [-0.3, -0.25) is 4.98 Å². The molecule has 0 spiro atoms. The zero-order chi connectivity index (χ0) is 21.5. The van der Waals surface area contributed by atoms with Gasteiger partial charge in [-0.05, 0) is 33.7 Å². The maximum atomic E-state index is 4.82. The number of benzene rings is 4. The smallest absolute Gasteiger partial charge is 0.0610 e. The van der Waals surface area contributed by atoms with Crippen LogP contribution in [-0.2, 0) is 26.5 Å². The Morgan fingerprint density at radius 2 is 1.64 bits per heavy atom. The molecule has 0 saturated heterocycles. The molecule has 6 rings (SSSR count). The van der Waals surface area contributed by atoms with Crippen LogP contribution >= 0.6 is 0 Å². The predicted octanol–water partition coefficient (Wildman–Crippen LogP) is 7.34. The Kier molecular flexibility index (Phi) is 5.68. The zero-order valence-corrected chi connectivity index (χ0v) is 20.4. The van der Waals surface area contributed by atoms with E-state index in [0.717, 1.165) is 23.0 Å². The molecule has 0 N–H and O–H groups in total. The first-order valence-corrected chi connectivity index (χ1v) is 10.8. The average molecular weight is 602 g/mol. The molecule has 0 amide bonds. The minimum atomic E-state index is 0. The van der Waals surface area contributed by atoms with E-state index in [0.29, 0.717) is 0 Å². The van der Waals surface area contributed by atoms with Crippen molar-refractivity contribution < 1.29 is 20.1 Å². The van der Waals surface area contributed by atoms with Gasteiger partial charge in [-0.1, -0.05) is 84.8 Å². The van der Waals surface area contributed by atoms with E-state index in [2.05, 4.69) is 102 Å². The number of fused-ring (bicyclic) bond motifs is 6. The number of rotatable bonds is 4. The maximum absolute atomic E-state index is 4.82. The van der Waals surface area contributed by atoms with Crippen LogP contribution in [0.4, 0.5) is 0 Å². The van der Waals surface area contributed by atoms with E-state index in [1.807, 2.05) is 18.3 Å².